The zero-order valence-electron chi connectivity index (χ0n) is 23.3. The molecule has 1 aliphatic heterocycles. The van der Waals surface area contributed by atoms with E-state index in [2.05, 4.69) is 34.4 Å². The summed E-state index contributed by atoms with van der Waals surface area (Å²) in [5.74, 6) is -0.147. The molecule has 40 heavy (non-hydrogen) atoms. The van der Waals surface area contributed by atoms with Crippen molar-refractivity contribution in [2.45, 2.75) is 26.2 Å². The summed E-state index contributed by atoms with van der Waals surface area (Å²) in [7, 11) is 5.64. The third-order valence-corrected chi connectivity index (χ3v) is 7.80. The van der Waals surface area contributed by atoms with Crippen molar-refractivity contribution >= 4 is 28.4 Å². The lowest BCUT2D eigenvalue weighted by atomic mass is 9.97. The topological polar surface area (TPSA) is 111 Å². The van der Waals surface area contributed by atoms with Gasteiger partial charge in [-0.05, 0) is 49.7 Å². The highest BCUT2D eigenvalue weighted by atomic mass is 32.1. The number of aliphatic imine (C=N–C) groups is 1. The number of aromatic nitrogens is 1. The summed E-state index contributed by atoms with van der Waals surface area (Å²) in [4.78, 5) is 25.0. The Bertz CT molecular complexity index is 1320. The third kappa shape index (κ3) is 6.60. The molecular formula is C28H35FN8O2S. The van der Waals surface area contributed by atoms with Gasteiger partial charge < -0.3 is 20.2 Å². The SMILES string of the molecule is C=CN=C(N1CCC(C(=O)O)CC1)N(C)N(C)/C(CC)=C(\NC=C)N(C)c1nc(-c2ccc(F)cc2)c(C#N)s1. The molecule has 0 aliphatic carbocycles. The van der Waals surface area contributed by atoms with Crippen molar-refractivity contribution < 1.29 is 14.3 Å². The average Bonchev–Trinajstić information content (AvgIpc) is 3.40. The second-order valence-electron chi connectivity index (χ2n) is 9.11. The van der Waals surface area contributed by atoms with Gasteiger partial charge in [0.15, 0.2) is 5.13 Å². The van der Waals surface area contributed by atoms with Gasteiger partial charge in [0.25, 0.3) is 0 Å². The summed E-state index contributed by atoms with van der Waals surface area (Å²) in [6.07, 6.45) is 4.74. The van der Waals surface area contributed by atoms with Crippen molar-refractivity contribution in [2.24, 2.45) is 10.9 Å². The minimum absolute atomic E-state index is 0.358. The average molecular weight is 567 g/mol. The van der Waals surface area contributed by atoms with Crippen molar-refractivity contribution in [2.75, 3.05) is 39.1 Å². The molecule has 0 bridgehead atoms. The molecule has 1 aliphatic rings. The Balaban J connectivity index is 1.96. The maximum atomic E-state index is 13.5. The van der Waals surface area contributed by atoms with Gasteiger partial charge >= 0.3 is 5.97 Å². The lowest BCUT2D eigenvalue weighted by Gasteiger charge is -2.41. The Morgan fingerprint density at radius 1 is 1.27 bits per heavy atom. The van der Waals surface area contributed by atoms with Gasteiger partial charge in [-0.15, -0.1) is 0 Å². The van der Waals surface area contributed by atoms with Gasteiger partial charge in [-0.2, -0.15) is 5.26 Å². The van der Waals surface area contributed by atoms with Crippen LogP contribution in [0.1, 0.15) is 31.1 Å². The van der Waals surface area contributed by atoms with Gasteiger partial charge in [-0.25, -0.2) is 14.4 Å². The number of halogens is 1. The second-order valence-corrected chi connectivity index (χ2v) is 10.1. The number of carboxylic acid groups (broad SMARTS) is 1. The van der Waals surface area contributed by atoms with E-state index in [1.165, 1.54) is 29.7 Å². The van der Waals surface area contributed by atoms with Gasteiger partial charge in [0, 0.05) is 46.0 Å². The van der Waals surface area contributed by atoms with Crippen LogP contribution in [0.25, 0.3) is 11.3 Å². The molecule has 3 rings (SSSR count). The predicted molar refractivity (Wildman–Crippen MR) is 156 cm³/mol. The summed E-state index contributed by atoms with van der Waals surface area (Å²) < 4.78 is 13.5. The quantitative estimate of drug-likeness (QED) is 0.241. The summed E-state index contributed by atoms with van der Waals surface area (Å²) in [5.41, 5.74) is 2.01. The van der Waals surface area contributed by atoms with Crippen LogP contribution in [0, 0.1) is 23.1 Å². The highest BCUT2D eigenvalue weighted by molar-refractivity contribution is 7.16. The molecular weight excluding hydrogens is 531 g/mol. The molecule has 0 unspecified atom stereocenters. The van der Waals surface area contributed by atoms with Crippen molar-refractivity contribution in [3.8, 4) is 17.3 Å². The molecule has 0 saturated carbocycles. The van der Waals surface area contributed by atoms with E-state index >= 15 is 0 Å². The van der Waals surface area contributed by atoms with Crippen LogP contribution in [-0.2, 0) is 4.79 Å². The van der Waals surface area contributed by atoms with E-state index in [1.807, 2.05) is 43.0 Å². The van der Waals surface area contributed by atoms with Crippen molar-refractivity contribution in [1.29, 1.82) is 5.26 Å². The second kappa shape index (κ2) is 13.6. The van der Waals surface area contributed by atoms with E-state index in [9.17, 15) is 19.6 Å². The van der Waals surface area contributed by atoms with Crippen LogP contribution in [0.2, 0.25) is 0 Å². The first-order valence-electron chi connectivity index (χ1n) is 12.8. The molecule has 212 valence electrons. The molecule has 1 saturated heterocycles. The first-order valence-corrected chi connectivity index (χ1v) is 13.6. The fourth-order valence-corrected chi connectivity index (χ4v) is 5.39. The Kier molecular flexibility index (Phi) is 10.3. The summed E-state index contributed by atoms with van der Waals surface area (Å²) >= 11 is 1.23. The van der Waals surface area contributed by atoms with Crippen molar-refractivity contribution in [3.63, 3.8) is 0 Å². The number of nitriles is 1. The number of allylic oxidation sites excluding steroid dienone is 1. The van der Waals surface area contributed by atoms with Gasteiger partial charge in [-0.3, -0.25) is 14.8 Å². The summed E-state index contributed by atoms with van der Waals surface area (Å²) in [5, 5.41) is 26.8. The number of piperidine rings is 1. The van der Waals surface area contributed by atoms with E-state index in [1.54, 1.807) is 18.3 Å². The Morgan fingerprint density at radius 3 is 2.45 bits per heavy atom. The number of nitrogens with one attached hydrogen (secondary N) is 1. The number of nitrogens with zero attached hydrogens (tertiary/aromatic N) is 7. The first kappa shape index (κ1) is 30.2. The van der Waals surface area contributed by atoms with Crippen LogP contribution in [-0.4, -0.2) is 71.2 Å². The zero-order valence-corrected chi connectivity index (χ0v) is 24.1. The number of rotatable bonds is 10. The highest BCUT2D eigenvalue weighted by Crippen LogP contribution is 2.34. The molecule has 0 radical (unpaired) electrons. The number of hydrogen-bond acceptors (Lipinski definition) is 8. The van der Waals surface area contributed by atoms with E-state index in [-0.39, 0.29) is 11.7 Å². The van der Waals surface area contributed by atoms with Gasteiger partial charge in [0.2, 0.25) is 5.96 Å². The van der Waals surface area contributed by atoms with Crippen molar-refractivity contribution in [1.82, 2.24) is 25.2 Å². The molecule has 2 heterocycles. The van der Waals surface area contributed by atoms with Crippen LogP contribution in [0.3, 0.4) is 0 Å². The number of carbonyl (C=O) groups is 1. The number of likely N-dealkylation sites (tertiary alicyclic amines) is 1. The Hall–Kier alpha value is -4.37. The molecule has 0 spiro atoms. The number of guanidine groups is 1. The van der Waals surface area contributed by atoms with Crippen LogP contribution in [0.15, 0.2) is 66.3 Å². The molecule has 0 amide bonds. The number of hydrogen-bond donors (Lipinski definition) is 2. The van der Waals surface area contributed by atoms with E-state index in [0.717, 1.165) is 5.70 Å². The lowest BCUT2D eigenvalue weighted by Crippen LogP contribution is -2.52. The zero-order chi connectivity index (χ0) is 29.4. The van der Waals surface area contributed by atoms with Gasteiger partial charge in [0.05, 0.1) is 11.6 Å². The highest BCUT2D eigenvalue weighted by Gasteiger charge is 2.29. The van der Waals surface area contributed by atoms with Crippen LogP contribution in [0.5, 0.6) is 0 Å². The summed E-state index contributed by atoms with van der Waals surface area (Å²) in [6.45, 7) is 10.8. The normalized spacial score (nSPS) is 14.6. The van der Waals surface area contributed by atoms with E-state index in [4.69, 9.17) is 4.98 Å². The molecule has 1 fully saturated rings. The number of thiazole rings is 1. The first-order chi connectivity index (χ1) is 19.2. The number of aliphatic carboxylic acids is 1. The fraction of sp³-hybridized carbons (Fsp3) is 0.357. The predicted octanol–water partition coefficient (Wildman–Crippen LogP) is 4.64. The number of hydrazine groups is 1. The molecule has 0 atom stereocenters. The minimum Gasteiger partial charge on any atom is -0.481 e. The molecule has 2 N–H and O–H groups in total. The van der Waals surface area contributed by atoms with Crippen LogP contribution >= 0.6 is 11.3 Å². The third-order valence-electron chi connectivity index (χ3n) is 6.77. The number of carboxylic acids is 1. The molecule has 1 aromatic heterocycles. The standard InChI is InChI=1S/C28H35FN8O2S/c1-7-22(35(5)36(6)27(32-9-3)37-16-14-20(15-17-37)26(38)39)25(31-8-2)34(4)28-33-24(23(18-30)40-28)19-10-12-21(29)13-11-19/h8-13,20,31H,2-3,7,14-17H2,1,4-6H3,(H,38,39)/b25-22+,32-27?. The van der Waals surface area contributed by atoms with Crippen LogP contribution < -0.4 is 10.2 Å². The van der Waals surface area contributed by atoms with Gasteiger partial charge in [-0.1, -0.05) is 31.4 Å². The minimum atomic E-state index is -0.768. The number of benzene rings is 1. The van der Waals surface area contributed by atoms with Crippen LogP contribution in [0.4, 0.5) is 9.52 Å². The molecule has 2 aromatic rings. The maximum absolute atomic E-state index is 13.5. The molecule has 10 nitrogen and oxygen atoms in total. The van der Waals surface area contributed by atoms with Crippen molar-refractivity contribution in [3.05, 3.63) is 72.0 Å². The molecule has 12 heteroatoms. The van der Waals surface area contributed by atoms with E-state index < -0.39 is 5.97 Å². The van der Waals surface area contributed by atoms with Gasteiger partial charge in [0.1, 0.15) is 28.3 Å². The van der Waals surface area contributed by atoms with E-state index in [0.29, 0.717) is 65.4 Å². The number of anilines is 1. The smallest absolute Gasteiger partial charge is 0.306 e. The fourth-order valence-electron chi connectivity index (χ4n) is 4.54. The Labute approximate surface area is 238 Å². The monoisotopic (exact) mass is 566 g/mol. The lowest BCUT2D eigenvalue weighted by molar-refractivity contribution is -0.143. The summed E-state index contributed by atoms with van der Waals surface area (Å²) in [6, 6.07) is 8.10. The molecule has 1 aromatic carbocycles. The largest absolute Gasteiger partial charge is 0.481 e. The maximum Gasteiger partial charge on any atom is 0.306 e. The Morgan fingerprint density at radius 2 is 1.93 bits per heavy atom.